The molecule has 0 spiro atoms. The van der Waals surface area contributed by atoms with Crippen LogP contribution in [-0.2, 0) is 0 Å². The summed E-state index contributed by atoms with van der Waals surface area (Å²) in [5.41, 5.74) is 3.47. The highest BCUT2D eigenvalue weighted by Crippen LogP contribution is 2.28. The first-order valence-electron chi connectivity index (χ1n) is 10.0. The summed E-state index contributed by atoms with van der Waals surface area (Å²) in [5.74, 6) is -0.00950. The van der Waals surface area contributed by atoms with E-state index in [1.807, 2.05) is 59.5 Å². The van der Waals surface area contributed by atoms with Crippen molar-refractivity contribution in [1.82, 2.24) is 15.1 Å². The molecule has 0 unspecified atom stereocenters. The van der Waals surface area contributed by atoms with E-state index in [0.29, 0.717) is 18.8 Å². The lowest BCUT2D eigenvalue weighted by Gasteiger charge is -2.35. The highest BCUT2D eigenvalue weighted by molar-refractivity contribution is 6.30. The smallest absolute Gasteiger partial charge is 0.272 e. The molecule has 5 rings (SSSR count). The number of hydrogen-bond acceptors (Lipinski definition) is 3. The molecule has 6 heteroatoms. The summed E-state index contributed by atoms with van der Waals surface area (Å²) >= 11 is 5.98. The van der Waals surface area contributed by atoms with Gasteiger partial charge in [-0.3, -0.25) is 9.89 Å². The van der Waals surface area contributed by atoms with Crippen LogP contribution in [0, 0.1) is 0 Å². The van der Waals surface area contributed by atoms with Crippen molar-refractivity contribution in [2.45, 2.75) is 0 Å². The molecule has 30 heavy (non-hydrogen) atoms. The molecule has 5 nitrogen and oxygen atoms in total. The quantitative estimate of drug-likeness (QED) is 0.519. The van der Waals surface area contributed by atoms with Crippen molar-refractivity contribution in [2.75, 3.05) is 31.1 Å². The van der Waals surface area contributed by atoms with Crippen LogP contribution >= 0.6 is 11.6 Å². The van der Waals surface area contributed by atoms with Crippen LogP contribution in [0.1, 0.15) is 10.5 Å². The Morgan fingerprint density at radius 2 is 1.63 bits per heavy atom. The van der Waals surface area contributed by atoms with Gasteiger partial charge >= 0.3 is 0 Å². The Balaban J connectivity index is 1.31. The van der Waals surface area contributed by atoms with Crippen molar-refractivity contribution < 1.29 is 4.79 Å². The van der Waals surface area contributed by atoms with Crippen LogP contribution in [0.4, 0.5) is 5.69 Å². The van der Waals surface area contributed by atoms with E-state index in [2.05, 4.69) is 33.3 Å². The fourth-order valence-corrected chi connectivity index (χ4v) is 4.13. The van der Waals surface area contributed by atoms with E-state index in [1.54, 1.807) is 0 Å². The van der Waals surface area contributed by atoms with Gasteiger partial charge in [0, 0.05) is 42.5 Å². The Hall–Kier alpha value is -3.31. The second-order valence-corrected chi connectivity index (χ2v) is 7.89. The number of amides is 1. The fourth-order valence-electron chi connectivity index (χ4n) is 4.01. The number of H-pyrrole nitrogens is 1. The van der Waals surface area contributed by atoms with Crippen LogP contribution in [-0.4, -0.2) is 47.2 Å². The number of fused-ring (bicyclic) bond motifs is 1. The summed E-state index contributed by atoms with van der Waals surface area (Å²) in [5, 5.41) is 10.4. The maximum atomic E-state index is 13.0. The third kappa shape index (κ3) is 3.53. The zero-order chi connectivity index (χ0) is 20.5. The first-order chi connectivity index (χ1) is 14.7. The maximum absolute atomic E-state index is 13.0. The molecule has 1 aliphatic rings. The molecule has 0 bridgehead atoms. The van der Waals surface area contributed by atoms with Gasteiger partial charge in [0.1, 0.15) is 5.69 Å². The number of nitrogens with zero attached hydrogens (tertiary/aromatic N) is 3. The van der Waals surface area contributed by atoms with E-state index in [1.165, 1.54) is 0 Å². The minimum atomic E-state index is -0.00950. The summed E-state index contributed by atoms with van der Waals surface area (Å²) in [4.78, 5) is 17.2. The molecule has 0 radical (unpaired) electrons. The SMILES string of the molecule is O=C(c1cc(-c2cccc3ccccc23)n[nH]1)N1CCN(c2ccc(Cl)cc2)CC1. The van der Waals surface area contributed by atoms with Gasteiger partial charge in [-0.15, -0.1) is 0 Å². The maximum Gasteiger partial charge on any atom is 0.272 e. The summed E-state index contributed by atoms with van der Waals surface area (Å²) in [6.07, 6.45) is 0. The van der Waals surface area contributed by atoms with Crippen molar-refractivity contribution in [3.63, 3.8) is 0 Å². The molecule has 150 valence electrons. The molecule has 2 heterocycles. The number of aromatic nitrogens is 2. The highest BCUT2D eigenvalue weighted by atomic mass is 35.5. The van der Waals surface area contributed by atoms with Crippen LogP contribution in [0.3, 0.4) is 0 Å². The van der Waals surface area contributed by atoms with E-state index >= 15 is 0 Å². The van der Waals surface area contributed by atoms with E-state index in [-0.39, 0.29) is 5.91 Å². The zero-order valence-corrected chi connectivity index (χ0v) is 17.1. The first kappa shape index (κ1) is 18.7. The number of benzene rings is 3. The number of aromatic amines is 1. The van der Waals surface area contributed by atoms with Crippen molar-refractivity contribution in [2.24, 2.45) is 0 Å². The fraction of sp³-hybridized carbons (Fsp3) is 0.167. The van der Waals surface area contributed by atoms with Gasteiger partial charge in [-0.05, 0) is 41.1 Å². The topological polar surface area (TPSA) is 52.2 Å². The zero-order valence-electron chi connectivity index (χ0n) is 16.4. The van der Waals surface area contributed by atoms with Crippen LogP contribution in [0.2, 0.25) is 5.02 Å². The third-order valence-electron chi connectivity index (χ3n) is 5.63. The number of carbonyl (C=O) groups is 1. The molecule has 1 N–H and O–H groups in total. The standard InChI is InChI=1S/C24H21ClN4O/c25-18-8-10-19(11-9-18)28-12-14-29(15-13-28)24(30)23-16-22(26-27-23)21-7-3-5-17-4-1-2-6-20(17)21/h1-11,16H,12-15H2,(H,26,27). The van der Waals surface area contributed by atoms with Crippen LogP contribution in [0.15, 0.2) is 72.8 Å². The van der Waals surface area contributed by atoms with Gasteiger partial charge in [0.25, 0.3) is 5.91 Å². The molecule has 1 aromatic heterocycles. The first-order valence-corrected chi connectivity index (χ1v) is 10.4. The molecule has 0 aliphatic carbocycles. The van der Waals surface area contributed by atoms with Gasteiger partial charge in [-0.1, -0.05) is 54.1 Å². The number of anilines is 1. The normalized spacial score (nSPS) is 14.3. The van der Waals surface area contributed by atoms with E-state index in [0.717, 1.165) is 45.8 Å². The monoisotopic (exact) mass is 416 g/mol. The predicted molar refractivity (Wildman–Crippen MR) is 121 cm³/mol. The molecule has 1 aliphatic heterocycles. The Labute approximate surface area is 179 Å². The van der Waals surface area contributed by atoms with Gasteiger partial charge in [-0.25, -0.2) is 0 Å². The van der Waals surface area contributed by atoms with Gasteiger partial charge < -0.3 is 9.80 Å². The van der Waals surface area contributed by atoms with Crippen molar-refractivity contribution in [3.05, 3.63) is 83.5 Å². The summed E-state index contributed by atoms with van der Waals surface area (Å²) in [6.45, 7) is 2.92. The average molecular weight is 417 g/mol. The number of rotatable bonds is 3. The number of nitrogens with one attached hydrogen (secondary N) is 1. The van der Waals surface area contributed by atoms with Gasteiger partial charge in [-0.2, -0.15) is 5.10 Å². The number of piperazine rings is 1. The number of hydrogen-bond donors (Lipinski definition) is 1. The molecule has 0 saturated carbocycles. The number of halogens is 1. The number of carbonyl (C=O) groups excluding carboxylic acids is 1. The van der Waals surface area contributed by atoms with E-state index < -0.39 is 0 Å². The predicted octanol–water partition coefficient (Wildman–Crippen LogP) is 4.85. The largest absolute Gasteiger partial charge is 0.368 e. The molecule has 3 aromatic carbocycles. The Bertz CT molecular complexity index is 1190. The Morgan fingerprint density at radius 1 is 0.900 bits per heavy atom. The minimum Gasteiger partial charge on any atom is -0.368 e. The summed E-state index contributed by atoms with van der Waals surface area (Å²) in [7, 11) is 0. The molecular weight excluding hydrogens is 396 g/mol. The van der Waals surface area contributed by atoms with Gasteiger partial charge in [0.15, 0.2) is 0 Å². The molecule has 4 aromatic rings. The van der Waals surface area contributed by atoms with Crippen molar-refractivity contribution in [3.8, 4) is 11.3 Å². The lowest BCUT2D eigenvalue weighted by Crippen LogP contribution is -2.48. The highest BCUT2D eigenvalue weighted by Gasteiger charge is 2.24. The second kappa shape index (κ2) is 7.84. The van der Waals surface area contributed by atoms with Crippen LogP contribution in [0.25, 0.3) is 22.0 Å². The molecule has 1 amide bonds. The molecule has 1 saturated heterocycles. The van der Waals surface area contributed by atoms with Crippen molar-refractivity contribution in [1.29, 1.82) is 0 Å². The van der Waals surface area contributed by atoms with Gasteiger partial charge in [0.2, 0.25) is 0 Å². The lowest BCUT2D eigenvalue weighted by molar-refractivity contribution is 0.0741. The minimum absolute atomic E-state index is 0.00950. The average Bonchev–Trinajstić information content (AvgIpc) is 3.29. The third-order valence-corrected chi connectivity index (χ3v) is 5.88. The Morgan fingerprint density at radius 3 is 2.43 bits per heavy atom. The lowest BCUT2D eigenvalue weighted by atomic mass is 10.0. The van der Waals surface area contributed by atoms with Gasteiger partial charge in [0.05, 0.1) is 5.69 Å². The Kier molecular flexibility index (Phi) is 4.89. The second-order valence-electron chi connectivity index (χ2n) is 7.45. The summed E-state index contributed by atoms with van der Waals surface area (Å²) < 4.78 is 0. The molecular formula is C24H21ClN4O. The summed E-state index contributed by atoms with van der Waals surface area (Å²) in [6, 6.07) is 24.0. The van der Waals surface area contributed by atoms with E-state index in [4.69, 9.17) is 11.6 Å². The molecule has 1 fully saturated rings. The molecule has 0 atom stereocenters. The van der Waals surface area contributed by atoms with Crippen LogP contribution < -0.4 is 4.90 Å². The van der Waals surface area contributed by atoms with E-state index in [9.17, 15) is 4.79 Å². The van der Waals surface area contributed by atoms with Crippen LogP contribution in [0.5, 0.6) is 0 Å². The van der Waals surface area contributed by atoms with Crippen molar-refractivity contribution >= 4 is 34.0 Å².